The minimum absolute atomic E-state index is 0.769. The lowest BCUT2D eigenvalue weighted by atomic mass is 9.77. The lowest BCUT2D eigenvalue weighted by Crippen LogP contribution is -2.13. The number of nitrogen functional groups attached to an aromatic ring is 1. The van der Waals surface area contributed by atoms with Crippen molar-refractivity contribution in [3.63, 3.8) is 0 Å². The van der Waals surface area contributed by atoms with E-state index in [0.717, 1.165) is 17.5 Å². The highest BCUT2D eigenvalue weighted by atomic mass is 14.5. The molecule has 0 atom stereocenters. The topological polar surface area (TPSA) is 26.0 Å². The molecule has 0 spiro atoms. The Morgan fingerprint density at radius 2 is 1.74 bits per heavy atom. The SMILES string of the molecule is C=CCCCC[C@H]1CC[C@H](c2ccc(N)cc2)CC1. The van der Waals surface area contributed by atoms with Crippen molar-refractivity contribution in [1.82, 2.24) is 0 Å². The minimum Gasteiger partial charge on any atom is -0.399 e. The van der Waals surface area contributed by atoms with Gasteiger partial charge in [0.25, 0.3) is 0 Å². The second-order valence-corrected chi connectivity index (χ2v) is 5.96. The number of hydrogen-bond donors (Lipinski definition) is 1. The van der Waals surface area contributed by atoms with E-state index < -0.39 is 0 Å². The van der Waals surface area contributed by atoms with Gasteiger partial charge in [-0.1, -0.05) is 31.1 Å². The van der Waals surface area contributed by atoms with Crippen LogP contribution in [0.4, 0.5) is 5.69 Å². The molecular weight excluding hydrogens is 230 g/mol. The molecule has 0 aromatic heterocycles. The van der Waals surface area contributed by atoms with Crippen molar-refractivity contribution in [1.29, 1.82) is 0 Å². The third-order valence-corrected chi connectivity index (χ3v) is 4.53. The van der Waals surface area contributed by atoms with Crippen LogP contribution < -0.4 is 5.73 Å². The molecule has 1 saturated carbocycles. The molecule has 2 N–H and O–H groups in total. The summed E-state index contributed by atoms with van der Waals surface area (Å²) in [7, 11) is 0. The number of allylic oxidation sites excluding steroid dienone is 1. The summed E-state index contributed by atoms with van der Waals surface area (Å²) >= 11 is 0. The van der Waals surface area contributed by atoms with E-state index in [4.69, 9.17) is 5.73 Å². The largest absolute Gasteiger partial charge is 0.399 e. The Bertz CT molecular complexity index is 371. The van der Waals surface area contributed by atoms with Gasteiger partial charge in [0, 0.05) is 5.69 Å². The minimum atomic E-state index is 0.769. The van der Waals surface area contributed by atoms with Gasteiger partial charge < -0.3 is 5.73 Å². The van der Waals surface area contributed by atoms with Crippen LogP contribution in [0.3, 0.4) is 0 Å². The van der Waals surface area contributed by atoms with Crippen LogP contribution >= 0.6 is 0 Å². The molecule has 1 aliphatic carbocycles. The molecule has 1 aliphatic rings. The van der Waals surface area contributed by atoms with E-state index in [1.165, 1.54) is 56.9 Å². The Morgan fingerprint density at radius 1 is 1.05 bits per heavy atom. The summed E-state index contributed by atoms with van der Waals surface area (Å²) in [6.45, 7) is 3.79. The molecule has 19 heavy (non-hydrogen) atoms. The van der Waals surface area contributed by atoms with Crippen molar-refractivity contribution in [3.05, 3.63) is 42.5 Å². The van der Waals surface area contributed by atoms with Gasteiger partial charge in [-0.2, -0.15) is 0 Å². The number of nitrogens with two attached hydrogens (primary N) is 1. The summed E-state index contributed by atoms with van der Waals surface area (Å²) in [6, 6.07) is 8.50. The highest BCUT2D eigenvalue weighted by molar-refractivity contribution is 5.40. The molecule has 1 fully saturated rings. The Morgan fingerprint density at radius 3 is 2.37 bits per heavy atom. The number of unbranched alkanes of at least 4 members (excludes halogenated alkanes) is 2. The molecule has 1 aromatic rings. The predicted molar refractivity (Wildman–Crippen MR) is 84.2 cm³/mol. The van der Waals surface area contributed by atoms with Crippen molar-refractivity contribution in [3.8, 4) is 0 Å². The zero-order chi connectivity index (χ0) is 13.5. The van der Waals surface area contributed by atoms with Crippen LogP contribution in [-0.2, 0) is 0 Å². The van der Waals surface area contributed by atoms with Gasteiger partial charge in [0.2, 0.25) is 0 Å². The Hall–Kier alpha value is -1.24. The van der Waals surface area contributed by atoms with E-state index in [9.17, 15) is 0 Å². The van der Waals surface area contributed by atoms with Crippen LogP contribution in [0.1, 0.15) is 62.8 Å². The highest BCUT2D eigenvalue weighted by Crippen LogP contribution is 2.37. The normalized spacial score (nSPS) is 23.2. The quantitative estimate of drug-likeness (QED) is 0.418. The standard InChI is InChI=1S/C18H27N/c1-2-3-4-5-6-15-7-9-16(10-8-15)17-11-13-18(19)14-12-17/h2,11-16H,1,3-10,19H2/t15-,16-. The first-order valence-electron chi connectivity index (χ1n) is 7.76. The average molecular weight is 257 g/mol. The van der Waals surface area contributed by atoms with Crippen molar-refractivity contribution in [2.24, 2.45) is 5.92 Å². The molecule has 1 nitrogen and oxygen atoms in total. The Kier molecular flexibility index (Phi) is 5.50. The Labute approximate surface area is 117 Å². The fraction of sp³-hybridized carbons (Fsp3) is 0.556. The van der Waals surface area contributed by atoms with Crippen molar-refractivity contribution >= 4 is 5.69 Å². The molecule has 104 valence electrons. The zero-order valence-corrected chi connectivity index (χ0v) is 12.0. The third-order valence-electron chi connectivity index (χ3n) is 4.53. The summed E-state index contributed by atoms with van der Waals surface area (Å²) in [5.41, 5.74) is 8.11. The molecule has 0 heterocycles. The van der Waals surface area contributed by atoms with Crippen LogP contribution in [0.25, 0.3) is 0 Å². The van der Waals surface area contributed by atoms with Crippen molar-refractivity contribution in [2.75, 3.05) is 5.73 Å². The first-order chi connectivity index (χ1) is 9.29. The molecular formula is C18H27N. The maximum Gasteiger partial charge on any atom is 0.0314 e. The third kappa shape index (κ3) is 4.41. The molecule has 1 heteroatoms. The lowest BCUT2D eigenvalue weighted by Gasteiger charge is -2.29. The van der Waals surface area contributed by atoms with Gasteiger partial charge in [0.05, 0.1) is 0 Å². The molecule has 0 aliphatic heterocycles. The maximum atomic E-state index is 5.75. The van der Waals surface area contributed by atoms with Gasteiger partial charge in [0.1, 0.15) is 0 Å². The number of rotatable bonds is 6. The van der Waals surface area contributed by atoms with Crippen molar-refractivity contribution < 1.29 is 0 Å². The van der Waals surface area contributed by atoms with Gasteiger partial charge in [-0.3, -0.25) is 0 Å². The van der Waals surface area contributed by atoms with E-state index in [1.54, 1.807) is 0 Å². The molecule has 0 amide bonds. The molecule has 0 bridgehead atoms. The molecule has 0 saturated heterocycles. The molecule has 0 radical (unpaired) electrons. The summed E-state index contributed by atoms with van der Waals surface area (Å²) in [5, 5.41) is 0. The van der Waals surface area contributed by atoms with Crippen LogP contribution in [0.15, 0.2) is 36.9 Å². The fourth-order valence-corrected chi connectivity index (χ4v) is 3.27. The van der Waals surface area contributed by atoms with Gasteiger partial charge in [-0.15, -0.1) is 6.58 Å². The fourth-order valence-electron chi connectivity index (χ4n) is 3.27. The summed E-state index contributed by atoms with van der Waals surface area (Å²) in [4.78, 5) is 0. The van der Waals surface area contributed by atoms with Gasteiger partial charge in [-0.05, 0) is 68.1 Å². The van der Waals surface area contributed by atoms with Crippen LogP contribution in [0.2, 0.25) is 0 Å². The van der Waals surface area contributed by atoms with E-state index in [1.807, 2.05) is 18.2 Å². The maximum absolute atomic E-state index is 5.75. The number of hydrogen-bond acceptors (Lipinski definition) is 1. The van der Waals surface area contributed by atoms with E-state index >= 15 is 0 Å². The predicted octanol–water partition coefficient (Wildman–Crippen LogP) is 5.29. The number of anilines is 1. The molecule has 1 aromatic carbocycles. The van der Waals surface area contributed by atoms with Crippen LogP contribution in [0, 0.1) is 5.92 Å². The second-order valence-electron chi connectivity index (χ2n) is 5.96. The summed E-state index contributed by atoms with van der Waals surface area (Å²) in [5.74, 6) is 1.74. The summed E-state index contributed by atoms with van der Waals surface area (Å²) in [6.07, 6.45) is 12.9. The first-order valence-corrected chi connectivity index (χ1v) is 7.76. The molecule has 2 rings (SSSR count). The smallest absolute Gasteiger partial charge is 0.0314 e. The zero-order valence-electron chi connectivity index (χ0n) is 12.0. The average Bonchev–Trinajstić information content (AvgIpc) is 2.45. The van der Waals surface area contributed by atoms with E-state index in [-0.39, 0.29) is 0 Å². The van der Waals surface area contributed by atoms with E-state index in [2.05, 4.69) is 18.7 Å². The lowest BCUT2D eigenvalue weighted by molar-refractivity contribution is 0.303. The second kappa shape index (κ2) is 7.37. The monoisotopic (exact) mass is 257 g/mol. The Balaban J connectivity index is 1.73. The summed E-state index contributed by atoms with van der Waals surface area (Å²) < 4.78 is 0. The van der Waals surface area contributed by atoms with Gasteiger partial charge >= 0.3 is 0 Å². The van der Waals surface area contributed by atoms with Gasteiger partial charge in [0.15, 0.2) is 0 Å². The first kappa shape index (κ1) is 14.2. The number of benzene rings is 1. The van der Waals surface area contributed by atoms with Crippen molar-refractivity contribution in [2.45, 2.75) is 57.3 Å². The van der Waals surface area contributed by atoms with E-state index in [0.29, 0.717) is 0 Å². The van der Waals surface area contributed by atoms with Crippen LogP contribution in [-0.4, -0.2) is 0 Å². The molecule has 0 unspecified atom stereocenters. The highest BCUT2D eigenvalue weighted by Gasteiger charge is 2.21. The van der Waals surface area contributed by atoms with Crippen LogP contribution in [0.5, 0.6) is 0 Å². The van der Waals surface area contributed by atoms with Gasteiger partial charge in [-0.25, -0.2) is 0 Å².